The Balaban J connectivity index is 0.00000208. The minimum atomic E-state index is -0.891. The van der Waals surface area contributed by atoms with Crippen LogP contribution in [0, 0.1) is 0 Å². The molecule has 1 aliphatic heterocycles. The zero-order valence-corrected chi connectivity index (χ0v) is 15.0. The lowest BCUT2D eigenvalue weighted by Gasteiger charge is -2.32. The third-order valence-electron chi connectivity index (χ3n) is 4.96. The van der Waals surface area contributed by atoms with Gasteiger partial charge in [-0.25, -0.2) is 0 Å². The Morgan fingerprint density at radius 2 is 1.29 bits per heavy atom. The fourth-order valence-electron chi connectivity index (χ4n) is 3.62. The van der Waals surface area contributed by atoms with E-state index in [-0.39, 0.29) is 12.4 Å². The van der Waals surface area contributed by atoms with Crippen molar-refractivity contribution in [2.45, 2.75) is 37.7 Å². The van der Waals surface area contributed by atoms with E-state index >= 15 is 0 Å². The van der Waals surface area contributed by atoms with E-state index < -0.39 is 5.60 Å². The topological polar surface area (TPSA) is 23.5 Å². The molecule has 3 heteroatoms. The molecule has 0 spiro atoms. The Morgan fingerprint density at radius 1 is 0.792 bits per heavy atom. The summed E-state index contributed by atoms with van der Waals surface area (Å²) >= 11 is 0. The molecular weight excluding hydrogens is 318 g/mol. The number of benzene rings is 2. The lowest BCUT2D eigenvalue weighted by atomic mass is 9.82. The summed E-state index contributed by atoms with van der Waals surface area (Å²) in [5.74, 6) is 0. The summed E-state index contributed by atoms with van der Waals surface area (Å²) in [6.07, 6.45) is 5.79. The molecule has 0 radical (unpaired) electrons. The van der Waals surface area contributed by atoms with Gasteiger partial charge in [-0.15, -0.1) is 12.4 Å². The van der Waals surface area contributed by atoms with Gasteiger partial charge in [0.15, 0.2) is 0 Å². The van der Waals surface area contributed by atoms with Crippen LogP contribution in [-0.2, 0) is 5.60 Å². The minimum Gasteiger partial charge on any atom is -0.380 e. The van der Waals surface area contributed by atoms with Gasteiger partial charge in [-0.1, -0.05) is 67.1 Å². The molecular formula is C21H28ClNO. The van der Waals surface area contributed by atoms with Crippen LogP contribution in [0.5, 0.6) is 0 Å². The highest BCUT2D eigenvalue weighted by atomic mass is 35.5. The first-order valence-corrected chi connectivity index (χ1v) is 8.85. The molecule has 130 valence electrons. The molecule has 0 unspecified atom stereocenters. The van der Waals surface area contributed by atoms with Gasteiger partial charge in [0.05, 0.1) is 0 Å². The first-order valence-electron chi connectivity index (χ1n) is 8.85. The van der Waals surface area contributed by atoms with Crippen molar-refractivity contribution in [1.29, 1.82) is 0 Å². The Morgan fingerprint density at radius 3 is 1.79 bits per heavy atom. The molecule has 0 aliphatic carbocycles. The lowest BCUT2D eigenvalue weighted by molar-refractivity contribution is 0.0638. The summed E-state index contributed by atoms with van der Waals surface area (Å²) in [4.78, 5) is 2.54. The molecule has 3 rings (SSSR count). The number of likely N-dealkylation sites (tertiary alicyclic amines) is 1. The molecule has 0 aromatic heterocycles. The molecule has 2 aromatic carbocycles. The van der Waals surface area contributed by atoms with Crippen LogP contribution in [0.15, 0.2) is 60.7 Å². The standard InChI is InChI=1S/C21H27NO.ClH/c23-21(19-11-4-1-5-12-19,20-13-6-2-7-14-20)15-10-18-22-16-8-3-9-17-22;/h1-2,4-7,11-14,23H,3,8-10,15-18H2;1H. The largest absolute Gasteiger partial charge is 0.380 e. The van der Waals surface area contributed by atoms with E-state index in [4.69, 9.17) is 0 Å². The van der Waals surface area contributed by atoms with Crippen LogP contribution in [0.25, 0.3) is 0 Å². The van der Waals surface area contributed by atoms with E-state index in [1.54, 1.807) is 0 Å². The van der Waals surface area contributed by atoms with E-state index in [9.17, 15) is 5.11 Å². The Kier molecular flexibility index (Phi) is 7.29. The fraction of sp³-hybridized carbons (Fsp3) is 0.429. The predicted octanol–water partition coefficient (Wildman–Crippen LogP) is 4.61. The van der Waals surface area contributed by atoms with Gasteiger partial charge in [-0.3, -0.25) is 0 Å². The van der Waals surface area contributed by atoms with Gasteiger partial charge in [0, 0.05) is 0 Å². The molecule has 1 aliphatic rings. The van der Waals surface area contributed by atoms with E-state index in [2.05, 4.69) is 4.90 Å². The number of piperidine rings is 1. The van der Waals surface area contributed by atoms with Crippen molar-refractivity contribution >= 4 is 12.4 Å². The van der Waals surface area contributed by atoms with E-state index in [0.717, 1.165) is 30.5 Å². The molecule has 1 N–H and O–H groups in total. The summed E-state index contributed by atoms with van der Waals surface area (Å²) in [5, 5.41) is 11.5. The quantitative estimate of drug-likeness (QED) is 0.826. The summed E-state index contributed by atoms with van der Waals surface area (Å²) in [6, 6.07) is 20.2. The predicted molar refractivity (Wildman–Crippen MR) is 103 cm³/mol. The number of hydrogen-bond donors (Lipinski definition) is 1. The SMILES string of the molecule is Cl.OC(CCCN1CCCCC1)(c1ccccc1)c1ccccc1. The van der Waals surface area contributed by atoms with Crippen LogP contribution in [0.4, 0.5) is 0 Å². The van der Waals surface area contributed by atoms with Gasteiger partial charge in [0.2, 0.25) is 0 Å². The summed E-state index contributed by atoms with van der Waals surface area (Å²) < 4.78 is 0. The summed E-state index contributed by atoms with van der Waals surface area (Å²) in [6.45, 7) is 3.52. The molecule has 0 bridgehead atoms. The van der Waals surface area contributed by atoms with Gasteiger partial charge >= 0.3 is 0 Å². The van der Waals surface area contributed by atoms with Crippen LogP contribution < -0.4 is 0 Å². The molecule has 0 atom stereocenters. The van der Waals surface area contributed by atoms with E-state index in [1.165, 1.54) is 32.4 Å². The fourth-order valence-corrected chi connectivity index (χ4v) is 3.62. The molecule has 2 nitrogen and oxygen atoms in total. The van der Waals surface area contributed by atoms with Gasteiger partial charge in [-0.2, -0.15) is 0 Å². The van der Waals surface area contributed by atoms with Gasteiger partial charge in [0.1, 0.15) is 5.60 Å². The van der Waals surface area contributed by atoms with Crippen molar-refractivity contribution in [3.63, 3.8) is 0 Å². The van der Waals surface area contributed by atoms with Crippen LogP contribution in [0.3, 0.4) is 0 Å². The lowest BCUT2D eigenvalue weighted by Crippen LogP contribution is -2.33. The van der Waals surface area contributed by atoms with Crippen LogP contribution in [-0.4, -0.2) is 29.6 Å². The maximum atomic E-state index is 11.5. The second-order valence-corrected chi connectivity index (χ2v) is 6.60. The Bertz CT molecular complexity index is 542. The highest BCUT2D eigenvalue weighted by Gasteiger charge is 2.30. The molecule has 0 amide bonds. The van der Waals surface area contributed by atoms with Crippen molar-refractivity contribution in [3.8, 4) is 0 Å². The minimum absolute atomic E-state index is 0. The van der Waals surface area contributed by atoms with Crippen molar-refractivity contribution in [2.24, 2.45) is 0 Å². The first-order chi connectivity index (χ1) is 11.3. The van der Waals surface area contributed by atoms with Gasteiger partial charge in [-0.05, 0) is 56.4 Å². The van der Waals surface area contributed by atoms with Gasteiger partial charge in [0.25, 0.3) is 0 Å². The number of hydrogen-bond acceptors (Lipinski definition) is 2. The first kappa shape index (κ1) is 19.0. The molecule has 2 aromatic rings. The molecule has 1 heterocycles. The highest BCUT2D eigenvalue weighted by Crippen LogP contribution is 2.34. The summed E-state index contributed by atoms with van der Waals surface area (Å²) in [7, 11) is 0. The highest BCUT2D eigenvalue weighted by molar-refractivity contribution is 5.85. The van der Waals surface area contributed by atoms with Crippen molar-refractivity contribution in [2.75, 3.05) is 19.6 Å². The second-order valence-electron chi connectivity index (χ2n) is 6.60. The third-order valence-corrected chi connectivity index (χ3v) is 4.96. The van der Waals surface area contributed by atoms with E-state index in [0.29, 0.717) is 0 Å². The second kappa shape index (κ2) is 9.22. The monoisotopic (exact) mass is 345 g/mol. The Hall–Kier alpha value is -1.35. The van der Waals surface area contributed by atoms with Crippen LogP contribution >= 0.6 is 12.4 Å². The number of aliphatic hydroxyl groups is 1. The van der Waals surface area contributed by atoms with Crippen LogP contribution in [0.1, 0.15) is 43.2 Å². The summed E-state index contributed by atoms with van der Waals surface area (Å²) in [5.41, 5.74) is 1.09. The number of nitrogens with zero attached hydrogens (tertiary/aromatic N) is 1. The number of halogens is 1. The van der Waals surface area contributed by atoms with Crippen molar-refractivity contribution in [3.05, 3.63) is 71.8 Å². The Labute approximate surface area is 151 Å². The maximum absolute atomic E-state index is 11.5. The zero-order chi connectivity index (χ0) is 16.0. The van der Waals surface area contributed by atoms with Crippen molar-refractivity contribution in [1.82, 2.24) is 4.90 Å². The smallest absolute Gasteiger partial charge is 0.115 e. The average Bonchev–Trinajstić information content (AvgIpc) is 2.64. The maximum Gasteiger partial charge on any atom is 0.115 e. The van der Waals surface area contributed by atoms with E-state index in [1.807, 2.05) is 60.7 Å². The molecule has 1 fully saturated rings. The zero-order valence-electron chi connectivity index (χ0n) is 14.2. The van der Waals surface area contributed by atoms with Crippen LogP contribution in [0.2, 0.25) is 0 Å². The number of rotatable bonds is 6. The normalized spacial score (nSPS) is 15.7. The van der Waals surface area contributed by atoms with Crippen molar-refractivity contribution < 1.29 is 5.11 Å². The third kappa shape index (κ3) is 4.60. The molecule has 1 saturated heterocycles. The molecule has 0 saturated carbocycles. The molecule has 24 heavy (non-hydrogen) atoms. The van der Waals surface area contributed by atoms with Gasteiger partial charge < -0.3 is 10.0 Å². The average molecular weight is 346 g/mol.